The van der Waals surface area contributed by atoms with Crippen LogP contribution in [0.1, 0.15) is 96.8 Å². The largest absolute Gasteiger partial charge is 0.321 e. The molecule has 0 saturated carbocycles. The molecule has 0 spiro atoms. The molecule has 1 unspecified atom stereocenters. The van der Waals surface area contributed by atoms with Crippen molar-refractivity contribution in [3.8, 4) is 0 Å². The summed E-state index contributed by atoms with van der Waals surface area (Å²) in [7, 11) is 0. The molecule has 0 aliphatic heterocycles. The van der Waals surface area contributed by atoms with Gasteiger partial charge in [0, 0.05) is 6.66 Å². The van der Waals surface area contributed by atoms with Crippen molar-refractivity contribution in [2.24, 2.45) is 0 Å². The van der Waals surface area contributed by atoms with Crippen LogP contribution in [0, 0.1) is 0 Å². The smallest absolute Gasteiger partial charge is 0.251 e. The van der Waals surface area contributed by atoms with E-state index in [-0.39, 0.29) is 0 Å². The Hall–Kier alpha value is 0.540. The predicted octanol–water partition coefficient (Wildman–Crippen LogP) is 7.24. The van der Waals surface area contributed by atoms with Crippen molar-refractivity contribution in [1.29, 1.82) is 0 Å². The Bertz CT molecular complexity index is 253. The number of unbranched alkanes of at least 4 members (excludes halogenated alkanes) is 13. The van der Waals surface area contributed by atoms with Crippen LogP contribution >= 0.6 is 18.8 Å². The third kappa shape index (κ3) is 20.5. The average Bonchev–Trinajstić information content (AvgIpc) is 2.42. The van der Waals surface area contributed by atoms with E-state index in [0.29, 0.717) is 6.61 Å². The molecule has 0 N–H and O–H groups in total. The van der Waals surface area contributed by atoms with Crippen molar-refractivity contribution in [3.63, 3.8) is 0 Å². The van der Waals surface area contributed by atoms with E-state index in [1.165, 1.54) is 83.5 Å². The van der Waals surface area contributed by atoms with E-state index in [1.54, 1.807) is 6.66 Å². The minimum atomic E-state index is -2.56. The molecule has 0 rings (SSSR count). The lowest BCUT2D eigenvalue weighted by molar-refractivity contribution is 0.315. The van der Waals surface area contributed by atoms with E-state index in [2.05, 4.69) is 19.2 Å². The number of rotatable bonds is 16. The molecule has 0 aromatic rings. The van der Waals surface area contributed by atoms with Gasteiger partial charge in [-0.05, 0) is 6.42 Å². The van der Waals surface area contributed by atoms with Gasteiger partial charge in [0.05, 0.1) is 6.61 Å². The second kappa shape index (κ2) is 15.4. The van der Waals surface area contributed by atoms with Crippen molar-refractivity contribution in [2.75, 3.05) is 13.3 Å². The fraction of sp³-hybridized carbons (Fsp3) is 1.00. The summed E-state index contributed by atoms with van der Waals surface area (Å²) < 4.78 is 16.3. The second-order valence-corrected chi connectivity index (χ2v) is 10.3. The van der Waals surface area contributed by atoms with Crippen molar-refractivity contribution in [1.82, 2.24) is 0 Å². The van der Waals surface area contributed by atoms with Crippen LogP contribution in [-0.2, 0) is 9.09 Å². The fourth-order valence-corrected chi connectivity index (χ4v) is 3.24. The lowest BCUT2D eigenvalue weighted by Gasteiger charge is -2.07. The van der Waals surface area contributed by atoms with Crippen LogP contribution in [0.4, 0.5) is 0 Å². The Kier molecular flexibility index (Phi) is 15.8. The molecule has 0 bridgehead atoms. The van der Waals surface area contributed by atoms with Gasteiger partial charge >= 0.3 is 0 Å². The van der Waals surface area contributed by atoms with E-state index in [0.717, 1.165) is 6.42 Å². The molecule has 128 valence electrons. The summed E-state index contributed by atoms with van der Waals surface area (Å²) in [5.74, 6) is 0. The van der Waals surface area contributed by atoms with Crippen LogP contribution in [-0.4, -0.2) is 13.3 Å². The first kappa shape index (κ1) is 21.5. The molecule has 0 aliphatic rings. The van der Waals surface area contributed by atoms with E-state index in [9.17, 15) is 4.57 Å². The monoisotopic (exact) mass is 336 g/mol. The molecule has 0 aliphatic carbocycles. The summed E-state index contributed by atoms with van der Waals surface area (Å²) in [6.45, 7) is 1.86. The molecule has 0 amide bonds. The zero-order valence-electron chi connectivity index (χ0n) is 14.3. The molecule has 0 radical (unpaired) electrons. The van der Waals surface area contributed by atoms with E-state index in [4.69, 9.17) is 4.52 Å². The van der Waals surface area contributed by atoms with Gasteiger partial charge in [0.1, 0.15) is 0 Å². The number of thiol groups is 1. The minimum absolute atomic E-state index is 0.593. The first-order valence-corrected chi connectivity index (χ1v) is 12.2. The van der Waals surface area contributed by atoms with Gasteiger partial charge in [-0.2, -0.15) is 0 Å². The van der Waals surface area contributed by atoms with Gasteiger partial charge < -0.3 is 4.52 Å². The maximum absolute atomic E-state index is 11.2. The molecule has 0 fully saturated rings. The molecular weight excluding hydrogens is 299 g/mol. The van der Waals surface area contributed by atoms with Gasteiger partial charge in [-0.25, -0.2) is 0 Å². The molecule has 2 nitrogen and oxygen atoms in total. The minimum Gasteiger partial charge on any atom is -0.321 e. The number of hydrogen-bond acceptors (Lipinski definition) is 2. The fourth-order valence-electron chi connectivity index (χ4n) is 2.53. The molecule has 21 heavy (non-hydrogen) atoms. The lowest BCUT2D eigenvalue weighted by Crippen LogP contribution is -1.89. The Labute approximate surface area is 138 Å². The van der Waals surface area contributed by atoms with Crippen molar-refractivity contribution < 1.29 is 9.09 Å². The third-order valence-corrected chi connectivity index (χ3v) is 4.84. The molecule has 0 aromatic heterocycles. The topological polar surface area (TPSA) is 26.3 Å². The molecule has 0 heterocycles. The highest BCUT2D eigenvalue weighted by Gasteiger charge is 2.06. The molecule has 1 atom stereocenters. The lowest BCUT2D eigenvalue weighted by atomic mass is 10.0. The highest BCUT2D eigenvalue weighted by molar-refractivity contribution is 8.46. The zero-order chi connectivity index (χ0) is 15.8. The van der Waals surface area contributed by atoms with E-state index < -0.39 is 6.57 Å². The Balaban J connectivity index is 3.01. The highest BCUT2D eigenvalue weighted by Crippen LogP contribution is 2.47. The summed E-state index contributed by atoms with van der Waals surface area (Å²) in [5.41, 5.74) is 0. The van der Waals surface area contributed by atoms with Gasteiger partial charge in [0.2, 0.25) is 0 Å². The van der Waals surface area contributed by atoms with Crippen LogP contribution in [0.3, 0.4) is 0 Å². The summed E-state index contributed by atoms with van der Waals surface area (Å²) in [6.07, 6.45) is 18.9. The molecular formula is C17H37O2PS. The number of hydrogen-bond donors (Lipinski definition) is 1. The molecule has 0 aromatic carbocycles. The van der Waals surface area contributed by atoms with Crippen molar-refractivity contribution >= 4 is 18.8 Å². The maximum atomic E-state index is 11.2. The summed E-state index contributed by atoms with van der Waals surface area (Å²) >= 11 is 3.91. The van der Waals surface area contributed by atoms with Gasteiger partial charge in [-0.15, -0.1) is 0 Å². The molecule has 0 saturated heterocycles. The van der Waals surface area contributed by atoms with Gasteiger partial charge in [0.25, 0.3) is 6.57 Å². The Morgan fingerprint density at radius 3 is 1.38 bits per heavy atom. The first-order chi connectivity index (χ1) is 10.1. The maximum Gasteiger partial charge on any atom is 0.251 e. The Morgan fingerprint density at radius 1 is 0.714 bits per heavy atom. The van der Waals surface area contributed by atoms with Crippen molar-refractivity contribution in [2.45, 2.75) is 96.8 Å². The normalized spacial score (nSPS) is 14.2. The van der Waals surface area contributed by atoms with Crippen LogP contribution in [0.5, 0.6) is 0 Å². The predicted molar refractivity (Wildman–Crippen MR) is 98.8 cm³/mol. The standard InChI is InChI=1S/C17H37O2PS/c1-3-4-5-6-7-8-9-10-11-12-13-14-15-16-17-19-20(2,18)21/h3-17H2,1-2H3,(H,18,21). The summed E-state index contributed by atoms with van der Waals surface area (Å²) in [6, 6.07) is 0. The van der Waals surface area contributed by atoms with Crippen LogP contribution in [0.25, 0.3) is 0 Å². The third-order valence-electron chi connectivity index (χ3n) is 3.83. The van der Waals surface area contributed by atoms with Gasteiger partial charge in [-0.1, -0.05) is 103 Å². The van der Waals surface area contributed by atoms with E-state index >= 15 is 0 Å². The first-order valence-electron chi connectivity index (χ1n) is 9.01. The van der Waals surface area contributed by atoms with Gasteiger partial charge in [0.15, 0.2) is 0 Å². The second-order valence-electron chi connectivity index (χ2n) is 6.23. The van der Waals surface area contributed by atoms with E-state index in [1.807, 2.05) is 0 Å². The van der Waals surface area contributed by atoms with Crippen LogP contribution in [0.15, 0.2) is 0 Å². The zero-order valence-corrected chi connectivity index (χ0v) is 16.1. The summed E-state index contributed by atoms with van der Waals surface area (Å²) in [5, 5.41) is 0. The van der Waals surface area contributed by atoms with Crippen molar-refractivity contribution in [3.05, 3.63) is 0 Å². The molecule has 4 heteroatoms. The SMILES string of the molecule is CCCCCCCCCCCCCCCCOP(C)(=O)S. The summed E-state index contributed by atoms with van der Waals surface area (Å²) in [4.78, 5) is 0. The van der Waals surface area contributed by atoms with Crippen LogP contribution < -0.4 is 0 Å². The van der Waals surface area contributed by atoms with Crippen LogP contribution in [0.2, 0.25) is 0 Å². The quantitative estimate of drug-likeness (QED) is 0.183. The van der Waals surface area contributed by atoms with Gasteiger partial charge in [-0.3, -0.25) is 4.57 Å². The highest BCUT2D eigenvalue weighted by atomic mass is 32.7. The average molecular weight is 337 g/mol. The Morgan fingerprint density at radius 2 is 1.05 bits per heavy atom.